The first kappa shape index (κ1) is 19.4. The Hall–Kier alpha value is -1.90. The van der Waals surface area contributed by atoms with Crippen molar-refractivity contribution in [1.29, 1.82) is 0 Å². The number of aromatic nitrogens is 2. The predicted molar refractivity (Wildman–Crippen MR) is 108 cm³/mol. The molecule has 28 heavy (non-hydrogen) atoms. The minimum atomic E-state index is -3.94. The molecule has 0 saturated heterocycles. The van der Waals surface area contributed by atoms with Crippen molar-refractivity contribution in [2.24, 2.45) is 0 Å². The Balaban J connectivity index is 1.57. The van der Waals surface area contributed by atoms with Gasteiger partial charge in [-0.05, 0) is 81.5 Å². The van der Waals surface area contributed by atoms with Gasteiger partial charge in [-0.1, -0.05) is 6.07 Å². The number of sulfonamides is 1. The van der Waals surface area contributed by atoms with E-state index in [-0.39, 0.29) is 11.1 Å². The molecule has 2 aliphatic carbocycles. The van der Waals surface area contributed by atoms with E-state index < -0.39 is 16.4 Å². The van der Waals surface area contributed by atoms with Crippen LogP contribution in [0.2, 0.25) is 0 Å². The van der Waals surface area contributed by atoms with Crippen LogP contribution in [0, 0.1) is 6.92 Å². The average Bonchev–Trinajstić information content (AvgIpc) is 3.32. The van der Waals surface area contributed by atoms with Gasteiger partial charge in [-0.15, -0.1) is 0 Å². The molecule has 0 bridgehead atoms. The van der Waals surface area contributed by atoms with Crippen LogP contribution in [0.25, 0.3) is 0 Å². The Labute approximate surface area is 166 Å². The summed E-state index contributed by atoms with van der Waals surface area (Å²) in [5.74, 6) is 0.622. The molecule has 7 nitrogen and oxygen atoms in total. The van der Waals surface area contributed by atoms with E-state index in [1.807, 2.05) is 13.8 Å². The maximum absolute atomic E-state index is 12.7. The zero-order chi connectivity index (χ0) is 20.1. The van der Waals surface area contributed by atoms with Gasteiger partial charge in [0.2, 0.25) is 0 Å². The zero-order valence-electron chi connectivity index (χ0n) is 16.6. The summed E-state index contributed by atoms with van der Waals surface area (Å²) in [5.41, 5.74) is 6.01. The van der Waals surface area contributed by atoms with Crippen molar-refractivity contribution in [2.45, 2.75) is 76.7 Å². The number of hydrogen-bond acceptors (Lipinski definition) is 5. The second-order valence-electron chi connectivity index (χ2n) is 8.03. The highest BCUT2D eigenvalue weighted by atomic mass is 32.2. The van der Waals surface area contributed by atoms with Crippen molar-refractivity contribution < 1.29 is 13.5 Å². The largest absolute Gasteiger partial charge is 0.360 e. The first-order valence-corrected chi connectivity index (χ1v) is 11.4. The van der Waals surface area contributed by atoms with Gasteiger partial charge in [0.25, 0.3) is 10.0 Å². The molecule has 152 valence electrons. The number of anilines is 1. The van der Waals surface area contributed by atoms with Crippen molar-refractivity contribution in [3.63, 3.8) is 0 Å². The number of benzene rings is 1. The monoisotopic (exact) mass is 404 g/mol. The molecule has 1 heterocycles. The van der Waals surface area contributed by atoms with Gasteiger partial charge in [0.15, 0.2) is 11.4 Å². The van der Waals surface area contributed by atoms with Crippen LogP contribution in [0.3, 0.4) is 0 Å². The summed E-state index contributed by atoms with van der Waals surface area (Å²) in [7, 11) is -3.94. The SMILES string of the molecule is Cc1nc(S(=O)(=O)NC(O)Nc2c3c(cc4c2CCC4)CCC3)cn1C(C)C. The number of nitrogens with zero attached hydrogens (tertiary/aromatic N) is 2. The van der Waals surface area contributed by atoms with E-state index in [0.29, 0.717) is 5.82 Å². The van der Waals surface area contributed by atoms with Gasteiger partial charge in [0.05, 0.1) is 0 Å². The van der Waals surface area contributed by atoms with Crippen molar-refractivity contribution in [1.82, 2.24) is 14.3 Å². The van der Waals surface area contributed by atoms with Crippen LogP contribution in [0.5, 0.6) is 0 Å². The molecule has 0 fully saturated rings. The van der Waals surface area contributed by atoms with E-state index >= 15 is 0 Å². The second-order valence-corrected chi connectivity index (χ2v) is 9.69. The smallest absolute Gasteiger partial charge is 0.263 e. The Morgan fingerprint density at radius 2 is 1.71 bits per heavy atom. The van der Waals surface area contributed by atoms with Gasteiger partial charge in [0.1, 0.15) is 5.82 Å². The highest BCUT2D eigenvalue weighted by Gasteiger charge is 2.27. The first-order chi connectivity index (χ1) is 13.3. The third-order valence-electron chi connectivity index (χ3n) is 5.75. The average molecular weight is 405 g/mol. The molecule has 0 amide bonds. The maximum Gasteiger partial charge on any atom is 0.263 e. The summed E-state index contributed by atoms with van der Waals surface area (Å²) in [5, 5.41) is 13.5. The topological polar surface area (TPSA) is 96.2 Å². The number of hydrogen-bond donors (Lipinski definition) is 3. The number of rotatable bonds is 6. The number of aliphatic hydroxyl groups excluding tert-OH is 1. The summed E-state index contributed by atoms with van der Waals surface area (Å²) in [4.78, 5) is 4.15. The van der Waals surface area contributed by atoms with Crippen LogP contribution in [0.15, 0.2) is 17.3 Å². The lowest BCUT2D eigenvalue weighted by molar-refractivity contribution is 0.192. The molecule has 0 spiro atoms. The van der Waals surface area contributed by atoms with Gasteiger partial charge in [-0.2, -0.15) is 4.72 Å². The van der Waals surface area contributed by atoms with Crippen molar-refractivity contribution in [3.8, 4) is 0 Å². The molecular formula is C20H28N4O3S. The fourth-order valence-electron chi connectivity index (χ4n) is 4.47. The maximum atomic E-state index is 12.7. The highest BCUT2D eigenvalue weighted by Crippen LogP contribution is 2.38. The van der Waals surface area contributed by atoms with Crippen LogP contribution < -0.4 is 10.0 Å². The second kappa shape index (κ2) is 7.17. The lowest BCUT2D eigenvalue weighted by atomic mass is 9.99. The number of fused-ring (bicyclic) bond motifs is 2. The quantitative estimate of drug-likeness (QED) is 0.643. The Kier molecular flexibility index (Phi) is 4.97. The Bertz CT molecular complexity index is 979. The van der Waals surface area contributed by atoms with Crippen LogP contribution >= 0.6 is 0 Å². The van der Waals surface area contributed by atoms with Gasteiger partial charge in [-0.3, -0.25) is 0 Å². The van der Waals surface area contributed by atoms with Crippen molar-refractivity contribution in [2.75, 3.05) is 5.32 Å². The number of aryl methyl sites for hydroxylation is 3. The first-order valence-electron chi connectivity index (χ1n) is 9.95. The Morgan fingerprint density at radius 1 is 1.11 bits per heavy atom. The molecule has 2 aromatic rings. The summed E-state index contributed by atoms with van der Waals surface area (Å²) >= 11 is 0. The third-order valence-corrected chi connectivity index (χ3v) is 7.03. The molecule has 1 atom stereocenters. The number of nitrogens with one attached hydrogen (secondary N) is 2. The molecule has 0 aliphatic heterocycles. The van der Waals surface area contributed by atoms with Gasteiger partial charge < -0.3 is 15.0 Å². The van der Waals surface area contributed by atoms with E-state index in [1.54, 1.807) is 11.5 Å². The van der Waals surface area contributed by atoms with Gasteiger partial charge in [-0.25, -0.2) is 13.4 Å². The third kappa shape index (κ3) is 3.44. The normalized spacial score (nSPS) is 17.0. The molecule has 8 heteroatoms. The summed E-state index contributed by atoms with van der Waals surface area (Å²) in [6.45, 7) is 5.70. The van der Waals surface area contributed by atoms with Crippen LogP contribution in [-0.4, -0.2) is 29.4 Å². The lowest BCUT2D eigenvalue weighted by Gasteiger charge is -2.21. The van der Waals surface area contributed by atoms with Crippen molar-refractivity contribution >= 4 is 15.7 Å². The number of aliphatic hydroxyl groups is 1. The fraction of sp³-hybridized carbons (Fsp3) is 0.550. The molecule has 1 aromatic heterocycles. The fourth-order valence-corrected chi connectivity index (χ4v) is 5.45. The highest BCUT2D eigenvalue weighted by molar-refractivity contribution is 7.89. The van der Waals surface area contributed by atoms with E-state index in [2.05, 4.69) is 21.1 Å². The summed E-state index contributed by atoms with van der Waals surface area (Å²) < 4.78 is 29.5. The number of imidazole rings is 1. The molecular weight excluding hydrogens is 376 g/mol. The molecule has 0 radical (unpaired) electrons. The van der Waals surface area contributed by atoms with Crippen LogP contribution in [-0.2, 0) is 35.7 Å². The minimum absolute atomic E-state index is 0.0805. The van der Waals surface area contributed by atoms with Gasteiger partial charge >= 0.3 is 0 Å². The van der Waals surface area contributed by atoms with E-state index in [9.17, 15) is 13.5 Å². The summed E-state index contributed by atoms with van der Waals surface area (Å²) in [6, 6.07) is 2.40. The van der Waals surface area contributed by atoms with Crippen molar-refractivity contribution in [3.05, 3.63) is 40.3 Å². The van der Waals surface area contributed by atoms with E-state index in [1.165, 1.54) is 28.5 Å². The summed E-state index contributed by atoms with van der Waals surface area (Å²) in [6.07, 6.45) is 6.31. The van der Waals surface area contributed by atoms with E-state index in [4.69, 9.17) is 0 Å². The Morgan fingerprint density at radius 3 is 2.25 bits per heavy atom. The van der Waals surface area contributed by atoms with E-state index in [0.717, 1.165) is 44.2 Å². The molecule has 3 N–H and O–H groups in total. The van der Waals surface area contributed by atoms with Gasteiger partial charge in [0, 0.05) is 17.9 Å². The standard InChI is InChI=1S/C20H28N4O3S/c1-12(2)24-11-18(21-13(24)3)28(26,27)23-20(25)22-19-16-8-4-6-14(16)10-15-7-5-9-17(15)19/h10-12,20,22-23,25H,4-9H2,1-3H3. The lowest BCUT2D eigenvalue weighted by Crippen LogP contribution is -2.40. The minimum Gasteiger partial charge on any atom is -0.360 e. The van der Waals surface area contributed by atoms with Crippen LogP contribution in [0.1, 0.15) is 60.8 Å². The molecule has 1 aromatic carbocycles. The van der Waals surface area contributed by atoms with Crippen LogP contribution in [0.4, 0.5) is 5.69 Å². The molecule has 1 unspecified atom stereocenters. The zero-order valence-corrected chi connectivity index (χ0v) is 17.4. The molecule has 0 saturated carbocycles. The predicted octanol–water partition coefficient (Wildman–Crippen LogP) is 2.42. The molecule has 2 aliphatic rings. The molecule has 4 rings (SSSR count).